The maximum absolute atomic E-state index is 11.9. The molecule has 0 saturated carbocycles. The number of hydrogen-bond donors (Lipinski definition) is 2. The van der Waals surface area contributed by atoms with Crippen molar-refractivity contribution < 1.29 is 4.79 Å². The van der Waals surface area contributed by atoms with E-state index >= 15 is 0 Å². The number of nitrogens with zero attached hydrogens (tertiary/aromatic N) is 1. The van der Waals surface area contributed by atoms with Gasteiger partial charge in [-0.3, -0.25) is 9.78 Å². The van der Waals surface area contributed by atoms with Crippen LogP contribution in [0, 0.1) is 0 Å². The number of halogens is 2. The van der Waals surface area contributed by atoms with Crippen molar-refractivity contribution in [2.45, 2.75) is 31.7 Å². The Morgan fingerprint density at radius 1 is 1.32 bits per heavy atom. The Morgan fingerprint density at radius 3 is 2.91 bits per heavy atom. The molecule has 2 N–H and O–H groups in total. The van der Waals surface area contributed by atoms with Crippen LogP contribution in [-0.2, 0) is 4.79 Å². The third-order valence-electron chi connectivity index (χ3n) is 3.76. The van der Waals surface area contributed by atoms with Crippen LogP contribution >= 0.6 is 24.8 Å². The molecule has 1 saturated heterocycles. The molecule has 4 nitrogen and oxygen atoms in total. The molecular weight excluding hydrogens is 321 g/mol. The monoisotopic (exact) mass is 341 g/mol. The normalized spacial score (nSPS) is 16.6. The van der Waals surface area contributed by atoms with Crippen molar-refractivity contribution in [3.63, 3.8) is 0 Å². The Labute approximate surface area is 142 Å². The summed E-state index contributed by atoms with van der Waals surface area (Å²) >= 11 is 0. The SMILES string of the molecule is Cl.Cl.O=C(CCC1CCCN1)Nc1cnc2ccccc2c1. The summed E-state index contributed by atoms with van der Waals surface area (Å²) in [5, 5.41) is 7.38. The highest BCUT2D eigenvalue weighted by Gasteiger charge is 2.15. The van der Waals surface area contributed by atoms with Crippen molar-refractivity contribution in [1.82, 2.24) is 10.3 Å². The summed E-state index contributed by atoms with van der Waals surface area (Å²) in [4.78, 5) is 16.3. The highest BCUT2D eigenvalue weighted by molar-refractivity contribution is 5.93. The summed E-state index contributed by atoms with van der Waals surface area (Å²) in [6.45, 7) is 1.08. The molecule has 22 heavy (non-hydrogen) atoms. The highest BCUT2D eigenvalue weighted by atomic mass is 35.5. The van der Waals surface area contributed by atoms with Crippen LogP contribution in [0.5, 0.6) is 0 Å². The Kier molecular flexibility index (Phi) is 7.59. The summed E-state index contributed by atoms with van der Waals surface area (Å²) in [7, 11) is 0. The van der Waals surface area contributed by atoms with Crippen LogP contribution in [0.3, 0.4) is 0 Å². The van der Waals surface area contributed by atoms with Gasteiger partial charge in [-0.05, 0) is 37.9 Å². The Balaban J connectivity index is 0.00000121. The summed E-state index contributed by atoms with van der Waals surface area (Å²) in [5.41, 5.74) is 1.72. The second-order valence-electron chi connectivity index (χ2n) is 5.30. The third-order valence-corrected chi connectivity index (χ3v) is 3.76. The van der Waals surface area contributed by atoms with Crippen molar-refractivity contribution in [2.75, 3.05) is 11.9 Å². The number of pyridine rings is 1. The summed E-state index contributed by atoms with van der Waals surface area (Å²) < 4.78 is 0. The van der Waals surface area contributed by atoms with Crippen molar-refractivity contribution in [3.8, 4) is 0 Å². The van der Waals surface area contributed by atoms with E-state index in [-0.39, 0.29) is 30.7 Å². The molecule has 1 unspecified atom stereocenters. The average Bonchev–Trinajstić information content (AvgIpc) is 2.98. The zero-order valence-corrected chi connectivity index (χ0v) is 13.9. The molecule has 1 atom stereocenters. The van der Waals surface area contributed by atoms with E-state index in [1.54, 1.807) is 6.20 Å². The Bertz CT molecular complexity index is 615. The molecule has 1 aromatic carbocycles. The van der Waals surface area contributed by atoms with Crippen molar-refractivity contribution in [1.29, 1.82) is 0 Å². The minimum absolute atomic E-state index is 0. The van der Waals surface area contributed by atoms with E-state index in [0.717, 1.165) is 29.6 Å². The van der Waals surface area contributed by atoms with Crippen LogP contribution in [0.1, 0.15) is 25.7 Å². The van der Waals surface area contributed by atoms with Gasteiger partial charge in [0, 0.05) is 17.8 Å². The average molecular weight is 342 g/mol. The van der Waals surface area contributed by atoms with Crippen molar-refractivity contribution in [3.05, 3.63) is 36.5 Å². The molecule has 2 heterocycles. The van der Waals surface area contributed by atoms with Crippen molar-refractivity contribution in [2.24, 2.45) is 0 Å². The molecular formula is C16H21Cl2N3O. The van der Waals surface area contributed by atoms with E-state index in [9.17, 15) is 4.79 Å². The van der Waals surface area contributed by atoms with E-state index in [1.807, 2.05) is 30.3 Å². The smallest absolute Gasteiger partial charge is 0.224 e. The molecule has 120 valence electrons. The molecule has 3 rings (SSSR count). The number of carbonyl (C=O) groups is 1. The first-order valence-corrected chi connectivity index (χ1v) is 7.19. The van der Waals surface area contributed by atoms with E-state index in [4.69, 9.17) is 0 Å². The Morgan fingerprint density at radius 2 is 2.14 bits per heavy atom. The first kappa shape index (κ1) is 18.7. The summed E-state index contributed by atoms with van der Waals surface area (Å²) in [6, 6.07) is 10.4. The van der Waals surface area contributed by atoms with Gasteiger partial charge in [-0.25, -0.2) is 0 Å². The number of nitrogens with one attached hydrogen (secondary N) is 2. The first-order valence-electron chi connectivity index (χ1n) is 7.19. The van der Waals surface area contributed by atoms with Gasteiger partial charge in [-0.15, -0.1) is 24.8 Å². The lowest BCUT2D eigenvalue weighted by atomic mass is 10.1. The lowest BCUT2D eigenvalue weighted by Gasteiger charge is -2.10. The van der Waals surface area contributed by atoms with Gasteiger partial charge in [-0.2, -0.15) is 0 Å². The molecule has 0 bridgehead atoms. The maximum Gasteiger partial charge on any atom is 0.224 e. The molecule has 6 heteroatoms. The number of fused-ring (bicyclic) bond motifs is 1. The van der Waals surface area contributed by atoms with Gasteiger partial charge in [0.1, 0.15) is 0 Å². The number of para-hydroxylation sites is 1. The van der Waals surface area contributed by atoms with Crippen LogP contribution in [0.15, 0.2) is 36.5 Å². The topological polar surface area (TPSA) is 54.0 Å². The minimum atomic E-state index is 0. The maximum atomic E-state index is 11.9. The van der Waals surface area contributed by atoms with Crippen LogP contribution in [0.25, 0.3) is 10.9 Å². The van der Waals surface area contributed by atoms with Crippen LogP contribution in [0.2, 0.25) is 0 Å². The van der Waals surface area contributed by atoms with E-state index < -0.39 is 0 Å². The number of benzene rings is 1. The number of aromatic nitrogens is 1. The lowest BCUT2D eigenvalue weighted by Crippen LogP contribution is -2.23. The zero-order valence-electron chi connectivity index (χ0n) is 12.2. The highest BCUT2D eigenvalue weighted by Crippen LogP contribution is 2.17. The summed E-state index contributed by atoms with van der Waals surface area (Å²) in [5.74, 6) is 0.0655. The second-order valence-corrected chi connectivity index (χ2v) is 5.30. The molecule has 0 spiro atoms. The minimum Gasteiger partial charge on any atom is -0.325 e. The number of anilines is 1. The number of amides is 1. The quantitative estimate of drug-likeness (QED) is 0.893. The summed E-state index contributed by atoms with van der Waals surface area (Å²) in [6.07, 6.45) is 5.59. The zero-order chi connectivity index (χ0) is 13.8. The standard InChI is InChI=1S/C16H19N3O.2ClH/c20-16(8-7-13-5-3-9-17-13)19-14-10-12-4-1-2-6-15(12)18-11-14;;/h1-2,4,6,10-11,13,17H,3,5,7-9H2,(H,19,20);2*1H. The lowest BCUT2D eigenvalue weighted by molar-refractivity contribution is -0.116. The molecule has 1 amide bonds. The number of carbonyl (C=O) groups excluding carboxylic acids is 1. The van der Waals surface area contributed by atoms with Crippen LogP contribution in [0.4, 0.5) is 5.69 Å². The van der Waals surface area contributed by atoms with E-state index in [2.05, 4.69) is 15.6 Å². The van der Waals surface area contributed by atoms with Gasteiger partial charge in [-0.1, -0.05) is 18.2 Å². The molecule has 1 aliphatic rings. The predicted octanol–water partition coefficient (Wildman–Crippen LogP) is 3.55. The van der Waals surface area contributed by atoms with E-state index in [0.29, 0.717) is 12.5 Å². The largest absolute Gasteiger partial charge is 0.325 e. The van der Waals surface area contributed by atoms with Gasteiger partial charge in [0.2, 0.25) is 5.91 Å². The molecule has 0 radical (unpaired) electrons. The first-order chi connectivity index (χ1) is 9.81. The van der Waals surface area contributed by atoms with Gasteiger partial charge in [0.25, 0.3) is 0 Å². The van der Waals surface area contributed by atoms with Crippen LogP contribution in [-0.4, -0.2) is 23.5 Å². The third kappa shape index (κ3) is 4.83. The molecule has 1 aliphatic heterocycles. The van der Waals surface area contributed by atoms with Gasteiger partial charge >= 0.3 is 0 Å². The fraction of sp³-hybridized carbons (Fsp3) is 0.375. The predicted molar refractivity (Wildman–Crippen MR) is 95.1 cm³/mol. The van der Waals surface area contributed by atoms with E-state index in [1.165, 1.54) is 12.8 Å². The molecule has 0 aliphatic carbocycles. The molecule has 1 fully saturated rings. The van der Waals surface area contributed by atoms with Crippen LogP contribution < -0.4 is 10.6 Å². The molecule has 2 aromatic rings. The number of rotatable bonds is 4. The fourth-order valence-corrected chi connectivity index (χ4v) is 2.67. The Hall–Kier alpha value is -1.36. The number of hydrogen-bond acceptors (Lipinski definition) is 3. The van der Waals surface area contributed by atoms with Gasteiger partial charge < -0.3 is 10.6 Å². The van der Waals surface area contributed by atoms with Crippen molar-refractivity contribution >= 4 is 47.3 Å². The van der Waals surface area contributed by atoms with Gasteiger partial charge in [0.15, 0.2) is 0 Å². The molecule has 1 aromatic heterocycles. The second kappa shape index (κ2) is 8.93. The fourth-order valence-electron chi connectivity index (χ4n) is 2.67. The van der Waals surface area contributed by atoms with Gasteiger partial charge in [0.05, 0.1) is 17.4 Å².